The molecule has 0 bridgehead atoms. The molecule has 2 aromatic heterocycles. The minimum Gasteiger partial charge on any atom is -0.444 e. The largest absolute Gasteiger partial charge is 0.444 e. The Morgan fingerprint density at radius 1 is 1.43 bits per heavy atom. The lowest BCUT2D eigenvalue weighted by Gasteiger charge is -2.14. The van der Waals surface area contributed by atoms with Crippen molar-refractivity contribution in [2.45, 2.75) is 12.6 Å². The second-order valence-electron chi connectivity index (χ2n) is 6.14. The van der Waals surface area contributed by atoms with Crippen molar-refractivity contribution in [3.05, 3.63) is 71.1 Å². The fourth-order valence-electron chi connectivity index (χ4n) is 2.97. The normalized spacial score (nSPS) is 16.1. The summed E-state index contributed by atoms with van der Waals surface area (Å²) in [5, 5.41) is 7.52. The van der Waals surface area contributed by atoms with E-state index in [0.717, 1.165) is 5.69 Å². The highest BCUT2D eigenvalue weighted by atomic mass is 19.1. The van der Waals surface area contributed by atoms with Crippen molar-refractivity contribution in [1.29, 1.82) is 0 Å². The molecule has 10 nitrogen and oxygen atoms in total. The van der Waals surface area contributed by atoms with E-state index in [4.69, 9.17) is 10.3 Å². The molecule has 1 aromatic carbocycles. The van der Waals surface area contributed by atoms with Crippen molar-refractivity contribution >= 4 is 11.8 Å². The molecule has 1 aliphatic rings. The van der Waals surface area contributed by atoms with Gasteiger partial charge in [0.25, 0.3) is 0 Å². The van der Waals surface area contributed by atoms with Crippen molar-refractivity contribution < 1.29 is 13.9 Å². The van der Waals surface area contributed by atoms with Crippen molar-refractivity contribution in [2.24, 2.45) is 5.11 Å². The van der Waals surface area contributed by atoms with Gasteiger partial charge in [-0.05, 0) is 29.8 Å². The van der Waals surface area contributed by atoms with Crippen LogP contribution in [0.3, 0.4) is 0 Å². The van der Waals surface area contributed by atoms with Crippen molar-refractivity contribution in [3.63, 3.8) is 0 Å². The van der Waals surface area contributed by atoms with Crippen LogP contribution >= 0.6 is 0 Å². The van der Waals surface area contributed by atoms with Crippen molar-refractivity contribution in [3.8, 4) is 5.69 Å². The number of hydrogen-bond donors (Lipinski definition) is 0. The molecule has 1 atom stereocenters. The van der Waals surface area contributed by atoms with Gasteiger partial charge >= 0.3 is 6.09 Å². The highest BCUT2D eigenvalue weighted by molar-refractivity contribution is 5.89. The molecule has 4 rings (SSSR count). The first kappa shape index (κ1) is 17.6. The number of carbonyl (C=O) groups excluding carboxylic acids is 1. The molecule has 1 saturated heterocycles. The number of halogens is 1. The zero-order valence-electron chi connectivity index (χ0n) is 14.6. The number of amides is 1. The second kappa shape index (κ2) is 7.41. The average Bonchev–Trinajstić information content (AvgIpc) is 3.42. The summed E-state index contributed by atoms with van der Waals surface area (Å²) in [5.41, 5.74) is 9.77. The van der Waals surface area contributed by atoms with E-state index in [1.165, 1.54) is 17.3 Å². The van der Waals surface area contributed by atoms with Gasteiger partial charge in [-0.15, -0.1) is 0 Å². The number of rotatable bonds is 6. The Balaban J connectivity index is 1.51. The smallest absolute Gasteiger partial charge is 0.414 e. The van der Waals surface area contributed by atoms with Crippen LogP contribution in [0.15, 0.2) is 54.3 Å². The van der Waals surface area contributed by atoms with Gasteiger partial charge in [-0.3, -0.25) is 9.58 Å². The predicted octanol–water partition coefficient (Wildman–Crippen LogP) is 2.89. The third-order valence-electron chi connectivity index (χ3n) is 4.26. The van der Waals surface area contributed by atoms with Gasteiger partial charge in [-0.2, -0.15) is 5.10 Å². The molecule has 0 spiro atoms. The summed E-state index contributed by atoms with van der Waals surface area (Å²) in [4.78, 5) is 20.2. The highest BCUT2D eigenvalue weighted by Gasteiger charge is 2.32. The molecule has 0 N–H and O–H groups in total. The van der Waals surface area contributed by atoms with Gasteiger partial charge in [0, 0.05) is 23.5 Å². The molecule has 142 valence electrons. The average molecular weight is 382 g/mol. The molecule has 3 aromatic rings. The van der Waals surface area contributed by atoms with E-state index in [0.29, 0.717) is 17.9 Å². The highest BCUT2D eigenvalue weighted by Crippen LogP contribution is 2.25. The van der Waals surface area contributed by atoms with Gasteiger partial charge in [-0.1, -0.05) is 5.11 Å². The zero-order chi connectivity index (χ0) is 19.5. The predicted molar refractivity (Wildman–Crippen MR) is 96.5 cm³/mol. The van der Waals surface area contributed by atoms with Crippen LogP contribution < -0.4 is 4.90 Å². The zero-order valence-corrected chi connectivity index (χ0v) is 14.6. The number of hydrogen-bond acceptors (Lipinski definition) is 5. The fraction of sp³-hybridized carbons (Fsp3) is 0.235. The minimum atomic E-state index is -0.602. The van der Waals surface area contributed by atoms with Crippen LogP contribution in [0, 0.1) is 5.82 Å². The summed E-state index contributed by atoms with van der Waals surface area (Å²) >= 11 is 0. The maximum atomic E-state index is 14.7. The minimum absolute atomic E-state index is 0.0351. The van der Waals surface area contributed by atoms with Crippen molar-refractivity contribution in [2.75, 3.05) is 18.0 Å². The third-order valence-corrected chi connectivity index (χ3v) is 4.26. The molecule has 1 amide bonds. The van der Waals surface area contributed by atoms with E-state index >= 15 is 0 Å². The Kier molecular flexibility index (Phi) is 4.65. The van der Waals surface area contributed by atoms with Gasteiger partial charge in [0.1, 0.15) is 11.9 Å². The van der Waals surface area contributed by atoms with Crippen LogP contribution in [0.25, 0.3) is 16.1 Å². The maximum Gasteiger partial charge on any atom is 0.414 e. The molecule has 0 unspecified atom stereocenters. The maximum absolute atomic E-state index is 14.7. The lowest BCUT2D eigenvalue weighted by Crippen LogP contribution is -2.25. The summed E-state index contributed by atoms with van der Waals surface area (Å²) in [5.74, 6) is -0.508. The summed E-state index contributed by atoms with van der Waals surface area (Å²) in [6.07, 6.45) is 5.59. The van der Waals surface area contributed by atoms with Crippen LogP contribution in [-0.4, -0.2) is 44.6 Å². The number of azide groups is 1. The second-order valence-corrected chi connectivity index (χ2v) is 6.14. The van der Waals surface area contributed by atoms with E-state index in [2.05, 4.69) is 20.1 Å². The molecule has 1 fully saturated rings. The molecule has 0 saturated carbocycles. The fourth-order valence-corrected chi connectivity index (χ4v) is 2.97. The molecule has 0 radical (unpaired) electrons. The van der Waals surface area contributed by atoms with E-state index in [1.54, 1.807) is 33.8 Å². The number of carbonyl (C=O) groups is 1. The summed E-state index contributed by atoms with van der Waals surface area (Å²) in [6.45, 7) is 0.703. The molecule has 28 heavy (non-hydrogen) atoms. The number of cyclic esters (lactones) is 1. The lowest BCUT2D eigenvalue weighted by molar-refractivity contribution is 0.145. The molecule has 11 heteroatoms. The summed E-state index contributed by atoms with van der Waals surface area (Å²) in [7, 11) is 0. The number of benzene rings is 1. The Bertz CT molecular complexity index is 1040. The van der Waals surface area contributed by atoms with Gasteiger partial charge in [0.15, 0.2) is 0 Å². The van der Waals surface area contributed by atoms with Crippen LogP contribution in [0.2, 0.25) is 0 Å². The van der Waals surface area contributed by atoms with E-state index in [9.17, 15) is 9.18 Å². The SMILES string of the molecule is [N-]=[N+]=NC[C@H]1CN(c2ccc(-n3cnc(Cn4cccn4)c3)c(F)c2)C(=O)O1. The Morgan fingerprint density at radius 3 is 3.07 bits per heavy atom. The standard InChI is InChI=1S/C17H15FN8O2/c18-15-6-13(26-10-14(7-21-23-19)28-17(26)27)2-3-16(15)24-8-12(20-11-24)9-25-5-1-4-22-25/h1-6,8,11,14H,7,9-10H2/t14-/m0/s1. The van der Waals surface area contributed by atoms with Crippen LogP contribution in [0.1, 0.15) is 5.69 Å². The Morgan fingerprint density at radius 2 is 2.32 bits per heavy atom. The lowest BCUT2D eigenvalue weighted by atomic mass is 10.2. The molecular weight excluding hydrogens is 367 g/mol. The number of ether oxygens (including phenoxy) is 1. The van der Waals surface area contributed by atoms with Crippen LogP contribution in [0.5, 0.6) is 0 Å². The topological polar surface area (TPSA) is 114 Å². The van der Waals surface area contributed by atoms with E-state index in [1.807, 2.05) is 12.3 Å². The number of aromatic nitrogens is 4. The molecular formula is C17H15FN8O2. The summed E-state index contributed by atoms with van der Waals surface area (Å²) < 4.78 is 23.1. The Hall–Kier alpha value is -3.85. The first-order valence-corrected chi connectivity index (χ1v) is 8.43. The van der Waals surface area contributed by atoms with Gasteiger partial charge in [-0.25, -0.2) is 14.2 Å². The van der Waals surface area contributed by atoms with Gasteiger partial charge < -0.3 is 9.30 Å². The number of nitrogens with zero attached hydrogens (tertiary/aromatic N) is 8. The first-order chi connectivity index (χ1) is 13.6. The van der Waals surface area contributed by atoms with E-state index in [-0.39, 0.29) is 13.1 Å². The van der Waals surface area contributed by atoms with Gasteiger partial charge in [0.05, 0.1) is 43.0 Å². The monoisotopic (exact) mass is 382 g/mol. The van der Waals surface area contributed by atoms with Crippen molar-refractivity contribution in [1.82, 2.24) is 19.3 Å². The molecule has 3 heterocycles. The van der Waals surface area contributed by atoms with Crippen LogP contribution in [0.4, 0.5) is 14.9 Å². The van der Waals surface area contributed by atoms with Crippen LogP contribution in [-0.2, 0) is 11.3 Å². The summed E-state index contributed by atoms with van der Waals surface area (Å²) in [6, 6.07) is 6.27. The first-order valence-electron chi connectivity index (χ1n) is 8.43. The van der Waals surface area contributed by atoms with E-state index < -0.39 is 18.0 Å². The molecule has 1 aliphatic heterocycles. The Labute approximate surface area is 158 Å². The van der Waals surface area contributed by atoms with Gasteiger partial charge in [0.2, 0.25) is 0 Å². The number of imidazole rings is 1. The molecule has 0 aliphatic carbocycles. The quantitative estimate of drug-likeness (QED) is 0.370. The third kappa shape index (κ3) is 3.51. The number of anilines is 1.